The third kappa shape index (κ3) is 8.54. The number of likely N-dealkylation sites (tertiary alicyclic amines) is 1. The molecule has 3 N–H and O–H groups in total. The SMILES string of the molecule is CNC(=O)N(CCC=O)c1nn(C)c2cc(C3CCN(CC(C)Cc4cc(S(=O)N5CCC(Nc6ncc7cn[nH]c7n6)CC5)ccc4C#N)CC3)ccc12. The summed E-state index contributed by atoms with van der Waals surface area (Å²) >= 11 is 0. The Bertz CT molecular complexity index is 2210. The van der Waals surface area contributed by atoms with Gasteiger partial charge in [-0.25, -0.2) is 18.3 Å². The van der Waals surface area contributed by atoms with Gasteiger partial charge in [0.1, 0.15) is 17.3 Å². The number of carbonyl (C=O) groups is 2. The highest BCUT2D eigenvalue weighted by atomic mass is 32.2. The molecule has 15 nitrogen and oxygen atoms in total. The first-order chi connectivity index (χ1) is 26.7. The van der Waals surface area contributed by atoms with Gasteiger partial charge in [0, 0.05) is 64.3 Å². The number of H-pyrrole nitrogens is 1. The highest BCUT2D eigenvalue weighted by molar-refractivity contribution is 7.82. The standard InChI is InChI=1S/C39H48N12O3S/c1-26(25-49-14-9-27(10-15-49)28-6-8-34-35(21-28)48(3)47-37(34)51(13-4-18-52)39(53)41-2)19-30-20-33(7-5-29(30)22-40)55(54)50-16-11-32(12-17-50)44-38-42-23-31-24-43-46-36(31)45-38/h5-8,18,20-21,23-24,26-27,32H,4,9-17,19,25H2,1-3H3,(H,41,53)(H2,42,43,44,45,46). The van der Waals surface area contributed by atoms with E-state index in [0.29, 0.717) is 47.9 Å². The fraction of sp³-hybridized carbons (Fsp3) is 0.462. The van der Waals surface area contributed by atoms with Crippen molar-refractivity contribution < 1.29 is 13.8 Å². The first kappa shape index (κ1) is 38.1. The molecular formula is C39H48N12O3S. The Morgan fingerprint density at radius 2 is 1.93 bits per heavy atom. The number of aromatic nitrogens is 6. The molecule has 2 aliphatic heterocycles. The molecule has 2 amide bonds. The minimum absolute atomic E-state index is 0.183. The van der Waals surface area contributed by atoms with E-state index in [4.69, 9.17) is 0 Å². The molecule has 7 rings (SSSR count). The fourth-order valence-corrected chi connectivity index (χ4v) is 9.19. The maximum absolute atomic E-state index is 13.7. The largest absolute Gasteiger partial charge is 0.351 e. The van der Waals surface area contributed by atoms with Crippen LogP contribution in [0.5, 0.6) is 0 Å². The zero-order valence-electron chi connectivity index (χ0n) is 31.6. The summed E-state index contributed by atoms with van der Waals surface area (Å²) in [5.74, 6) is 1.83. The number of anilines is 2. The average Bonchev–Trinajstić information content (AvgIpc) is 3.81. The topological polar surface area (TPSA) is 181 Å². The molecule has 0 radical (unpaired) electrons. The second-order valence-corrected chi connectivity index (χ2v) is 16.2. The molecular weight excluding hydrogens is 717 g/mol. The molecule has 3 aromatic heterocycles. The summed E-state index contributed by atoms with van der Waals surface area (Å²) < 4.78 is 17.6. The Labute approximate surface area is 323 Å². The lowest BCUT2D eigenvalue weighted by molar-refractivity contribution is -0.107. The van der Waals surface area contributed by atoms with E-state index in [2.05, 4.69) is 65.9 Å². The van der Waals surface area contributed by atoms with Gasteiger partial charge in [0.2, 0.25) is 5.95 Å². The van der Waals surface area contributed by atoms with E-state index in [1.54, 1.807) is 19.4 Å². The van der Waals surface area contributed by atoms with Crippen LogP contribution in [0.15, 0.2) is 53.7 Å². The predicted molar refractivity (Wildman–Crippen MR) is 212 cm³/mol. The summed E-state index contributed by atoms with van der Waals surface area (Å²) in [5.41, 5.74) is 4.50. The molecule has 0 saturated carbocycles. The van der Waals surface area contributed by atoms with Gasteiger partial charge in [0.15, 0.2) is 11.5 Å². The lowest BCUT2D eigenvalue weighted by atomic mass is 9.88. The Hall–Kier alpha value is -5.24. The molecule has 288 valence electrons. The van der Waals surface area contributed by atoms with Gasteiger partial charge in [-0.2, -0.15) is 20.4 Å². The van der Waals surface area contributed by atoms with Gasteiger partial charge in [-0.15, -0.1) is 0 Å². The lowest BCUT2D eigenvalue weighted by Gasteiger charge is -2.34. The van der Waals surface area contributed by atoms with Crippen molar-refractivity contribution in [2.75, 3.05) is 56.5 Å². The fourth-order valence-electron chi connectivity index (χ4n) is 7.92. The Balaban J connectivity index is 0.921. The van der Waals surface area contributed by atoms with Crippen molar-refractivity contribution in [1.29, 1.82) is 5.26 Å². The number of nitrogens with zero attached hydrogens (tertiary/aromatic N) is 9. The minimum Gasteiger partial charge on any atom is -0.351 e. The van der Waals surface area contributed by atoms with Crippen molar-refractivity contribution in [1.82, 2.24) is 44.5 Å². The van der Waals surface area contributed by atoms with Crippen LogP contribution in [0.25, 0.3) is 21.9 Å². The maximum Gasteiger partial charge on any atom is 0.322 e. The molecule has 2 unspecified atom stereocenters. The minimum atomic E-state index is -1.32. The zero-order valence-corrected chi connectivity index (χ0v) is 32.4. The van der Waals surface area contributed by atoms with Crippen LogP contribution in [0, 0.1) is 17.2 Å². The third-order valence-corrected chi connectivity index (χ3v) is 12.3. The molecule has 0 aliphatic carbocycles. The third-order valence-electron chi connectivity index (χ3n) is 10.9. The number of rotatable bonds is 13. The van der Waals surface area contributed by atoms with E-state index in [1.807, 2.05) is 40.3 Å². The van der Waals surface area contributed by atoms with E-state index in [0.717, 1.165) is 84.8 Å². The normalized spacial score (nSPS) is 17.2. The van der Waals surface area contributed by atoms with Gasteiger partial charge < -0.3 is 20.3 Å². The van der Waals surface area contributed by atoms with Crippen molar-refractivity contribution >= 4 is 57.0 Å². The highest BCUT2D eigenvalue weighted by Crippen LogP contribution is 2.34. The summed E-state index contributed by atoms with van der Waals surface area (Å²) in [6.45, 7) is 6.71. The number of aryl methyl sites for hydroxylation is 1. The number of urea groups is 1. The van der Waals surface area contributed by atoms with Crippen molar-refractivity contribution in [2.45, 2.75) is 62.3 Å². The number of hydrogen-bond acceptors (Lipinski definition) is 10. The molecule has 2 atom stereocenters. The number of nitrogens with one attached hydrogen (secondary N) is 3. The van der Waals surface area contributed by atoms with Crippen molar-refractivity contribution in [3.8, 4) is 6.07 Å². The van der Waals surface area contributed by atoms with Gasteiger partial charge in [0.25, 0.3) is 0 Å². The number of carbonyl (C=O) groups excluding carboxylic acids is 2. The van der Waals surface area contributed by atoms with Gasteiger partial charge in [-0.05, 0) is 98.5 Å². The van der Waals surface area contributed by atoms with Gasteiger partial charge in [-0.3, -0.25) is 14.7 Å². The van der Waals surface area contributed by atoms with Gasteiger partial charge in [-0.1, -0.05) is 13.0 Å². The maximum atomic E-state index is 13.7. The number of benzene rings is 2. The van der Waals surface area contributed by atoms with Crippen LogP contribution in [-0.2, 0) is 29.2 Å². The van der Waals surface area contributed by atoms with Crippen molar-refractivity contribution in [3.63, 3.8) is 0 Å². The number of aldehydes is 1. The van der Waals surface area contributed by atoms with E-state index in [9.17, 15) is 19.1 Å². The summed E-state index contributed by atoms with van der Waals surface area (Å²) in [7, 11) is 2.14. The Kier molecular flexibility index (Phi) is 11.8. The molecule has 2 aliphatic rings. The first-order valence-electron chi connectivity index (χ1n) is 19.0. The average molecular weight is 765 g/mol. The van der Waals surface area contributed by atoms with Crippen LogP contribution >= 0.6 is 0 Å². The summed E-state index contributed by atoms with van der Waals surface area (Å²) in [6.07, 6.45) is 8.91. The quantitative estimate of drug-likeness (QED) is 0.145. The van der Waals surface area contributed by atoms with Crippen LogP contribution in [0.4, 0.5) is 16.6 Å². The Morgan fingerprint density at radius 1 is 1.13 bits per heavy atom. The number of amides is 2. The monoisotopic (exact) mass is 764 g/mol. The molecule has 2 fully saturated rings. The van der Waals surface area contributed by atoms with E-state index in [-0.39, 0.29) is 25.0 Å². The predicted octanol–water partition coefficient (Wildman–Crippen LogP) is 4.50. The molecule has 5 heterocycles. The number of piperidine rings is 2. The molecule has 0 spiro atoms. The van der Waals surface area contributed by atoms with E-state index >= 15 is 0 Å². The lowest BCUT2D eigenvalue weighted by Crippen LogP contribution is -2.40. The van der Waals surface area contributed by atoms with E-state index < -0.39 is 11.0 Å². The van der Waals surface area contributed by atoms with Gasteiger partial charge >= 0.3 is 6.03 Å². The van der Waals surface area contributed by atoms with Crippen molar-refractivity contribution in [2.24, 2.45) is 13.0 Å². The molecule has 55 heavy (non-hydrogen) atoms. The second-order valence-electron chi connectivity index (χ2n) is 14.7. The number of aromatic amines is 1. The number of hydrogen-bond donors (Lipinski definition) is 3. The van der Waals surface area contributed by atoms with Crippen LogP contribution in [0.3, 0.4) is 0 Å². The number of fused-ring (bicyclic) bond motifs is 2. The Morgan fingerprint density at radius 3 is 2.67 bits per heavy atom. The summed E-state index contributed by atoms with van der Waals surface area (Å²) in [5, 5.41) is 29.3. The molecule has 2 aromatic carbocycles. The molecule has 0 bridgehead atoms. The van der Waals surface area contributed by atoms with Crippen LogP contribution < -0.4 is 15.5 Å². The number of nitriles is 1. The molecule has 16 heteroatoms. The molecule has 5 aromatic rings. The highest BCUT2D eigenvalue weighted by Gasteiger charge is 2.27. The first-order valence-corrected chi connectivity index (χ1v) is 20.1. The summed E-state index contributed by atoms with van der Waals surface area (Å²) in [4.78, 5) is 37.3. The van der Waals surface area contributed by atoms with E-state index in [1.165, 1.54) is 10.5 Å². The van der Waals surface area contributed by atoms with Gasteiger partial charge in [0.05, 0.1) is 33.6 Å². The second kappa shape index (κ2) is 17.1. The smallest absolute Gasteiger partial charge is 0.322 e. The zero-order chi connectivity index (χ0) is 38.5. The van der Waals surface area contributed by atoms with Crippen molar-refractivity contribution in [3.05, 3.63) is 65.5 Å². The summed E-state index contributed by atoms with van der Waals surface area (Å²) in [6, 6.07) is 14.3. The van der Waals surface area contributed by atoms with Crippen LogP contribution in [-0.4, -0.2) is 108 Å². The van der Waals surface area contributed by atoms with Crippen LogP contribution in [0.2, 0.25) is 0 Å². The van der Waals surface area contributed by atoms with Crippen LogP contribution in [0.1, 0.15) is 61.6 Å². The molecule has 2 saturated heterocycles.